The number of allylic oxidation sites excluding steroid dienone is 2. The van der Waals surface area contributed by atoms with Crippen molar-refractivity contribution in [3.8, 4) is 5.75 Å². The van der Waals surface area contributed by atoms with Crippen molar-refractivity contribution >= 4 is 17.5 Å². The lowest BCUT2D eigenvalue weighted by Crippen LogP contribution is -2.38. The molecule has 0 N–H and O–H groups in total. The molecule has 6 nitrogen and oxygen atoms in total. The number of carbonyl (C=O) groups is 2. The van der Waals surface area contributed by atoms with Crippen LogP contribution in [0, 0.1) is 11.7 Å². The van der Waals surface area contributed by atoms with Gasteiger partial charge in [-0.2, -0.15) is 0 Å². The summed E-state index contributed by atoms with van der Waals surface area (Å²) < 4.78 is 29.3. The summed E-state index contributed by atoms with van der Waals surface area (Å²) in [7, 11) is 3.14. The molecule has 3 atom stereocenters. The molecule has 0 fully saturated rings. The summed E-state index contributed by atoms with van der Waals surface area (Å²) in [4.78, 5) is 31.3. The molecule has 0 saturated heterocycles. The van der Waals surface area contributed by atoms with Crippen LogP contribution in [0.4, 0.5) is 4.39 Å². The van der Waals surface area contributed by atoms with Gasteiger partial charge < -0.3 is 14.2 Å². The highest BCUT2D eigenvalue weighted by molar-refractivity contribution is 6.09. The van der Waals surface area contributed by atoms with E-state index in [0.29, 0.717) is 35.4 Å². The van der Waals surface area contributed by atoms with E-state index < -0.39 is 17.8 Å². The quantitative estimate of drug-likeness (QED) is 0.441. The summed E-state index contributed by atoms with van der Waals surface area (Å²) >= 11 is 0. The fourth-order valence-electron chi connectivity index (χ4n) is 4.82. The van der Waals surface area contributed by atoms with Crippen LogP contribution in [0.3, 0.4) is 0 Å². The standard InChI is InChI=1S/C27H28FNO5/c1-16-24(27(31)34-13-12-32-2)25(18-4-8-20(28)9-5-18)26-22(29-16)14-19(15-23(26)30)17-6-10-21(33-3)11-7-17/h4-11,19,24-25H,12-15H2,1-3H3/t19-,24?,25-/m0/s1. The lowest BCUT2D eigenvalue weighted by molar-refractivity contribution is -0.147. The van der Waals surface area contributed by atoms with E-state index >= 15 is 0 Å². The number of ketones is 1. The van der Waals surface area contributed by atoms with E-state index in [1.165, 1.54) is 19.2 Å². The Hall–Kier alpha value is -3.32. The number of methoxy groups -OCH3 is 2. The summed E-state index contributed by atoms with van der Waals surface area (Å²) in [5, 5.41) is 0. The van der Waals surface area contributed by atoms with Gasteiger partial charge in [0, 0.05) is 36.4 Å². The third-order valence-electron chi connectivity index (χ3n) is 6.49. The average molecular weight is 466 g/mol. The summed E-state index contributed by atoms with van der Waals surface area (Å²) in [5.74, 6) is -1.51. The fourth-order valence-corrected chi connectivity index (χ4v) is 4.82. The van der Waals surface area contributed by atoms with Crippen LogP contribution >= 0.6 is 0 Å². The predicted octanol–water partition coefficient (Wildman–Crippen LogP) is 4.60. The predicted molar refractivity (Wildman–Crippen MR) is 126 cm³/mol. The topological polar surface area (TPSA) is 74.2 Å². The maximum absolute atomic E-state index is 13.7. The molecule has 2 aromatic rings. The van der Waals surface area contributed by atoms with Crippen LogP contribution in [0.25, 0.3) is 0 Å². The molecule has 178 valence electrons. The van der Waals surface area contributed by atoms with E-state index in [2.05, 4.69) is 0 Å². The Bertz CT molecular complexity index is 1120. The van der Waals surface area contributed by atoms with Crippen LogP contribution in [-0.2, 0) is 19.1 Å². The number of halogens is 1. The van der Waals surface area contributed by atoms with E-state index in [1.54, 1.807) is 26.2 Å². The number of carbonyl (C=O) groups excluding carboxylic acids is 2. The molecule has 34 heavy (non-hydrogen) atoms. The Labute approximate surface area is 198 Å². The lowest BCUT2D eigenvalue weighted by Gasteiger charge is -2.36. The molecule has 2 aromatic carbocycles. The van der Waals surface area contributed by atoms with Crippen molar-refractivity contribution < 1.29 is 28.2 Å². The van der Waals surface area contributed by atoms with Gasteiger partial charge in [-0.05, 0) is 54.7 Å². The van der Waals surface area contributed by atoms with Crippen LogP contribution in [-0.4, -0.2) is 44.9 Å². The van der Waals surface area contributed by atoms with Gasteiger partial charge in [-0.3, -0.25) is 14.6 Å². The highest BCUT2D eigenvalue weighted by atomic mass is 19.1. The molecule has 1 aliphatic heterocycles. The Balaban J connectivity index is 1.72. The third-order valence-corrected chi connectivity index (χ3v) is 6.49. The normalized spacial score (nSPS) is 22.2. The molecular weight excluding hydrogens is 437 g/mol. The van der Waals surface area contributed by atoms with Crippen LogP contribution in [0.5, 0.6) is 5.75 Å². The minimum Gasteiger partial charge on any atom is -0.497 e. The van der Waals surface area contributed by atoms with Crippen LogP contribution in [0.15, 0.2) is 64.8 Å². The molecule has 2 aliphatic rings. The zero-order valence-electron chi connectivity index (χ0n) is 19.5. The van der Waals surface area contributed by atoms with Gasteiger partial charge >= 0.3 is 5.97 Å². The monoisotopic (exact) mass is 465 g/mol. The minimum absolute atomic E-state index is 0.0206. The highest BCUT2D eigenvalue weighted by Gasteiger charge is 2.44. The first-order valence-electron chi connectivity index (χ1n) is 11.3. The maximum Gasteiger partial charge on any atom is 0.315 e. The molecule has 0 radical (unpaired) electrons. The maximum atomic E-state index is 13.7. The van der Waals surface area contributed by atoms with Gasteiger partial charge in [-0.25, -0.2) is 4.39 Å². The number of aliphatic imine (C=N–C) groups is 1. The smallest absolute Gasteiger partial charge is 0.315 e. The Morgan fingerprint density at radius 1 is 1.00 bits per heavy atom. The van der Waals surface area contributed by atoms with Crippen molar-refractivity contribution in [1.29, 1.82) is 0 Å². The van der Waals surface area contributed by atoms with Gasteiger partial charge in [0.05, 0.1) is 13.7 Å². The summed E-state index contributed by atoms with van der Waals surface area (Å²) in [6.07, 6.45) is 0.886. The van der Waals surface area contributed by atoms with Crippen LogP contribution < -0.4 is 4.74 Å². The van der Waals surface area contributed by atoms with Crippen LogP contribution in [0.2, 0.25) is 0 Å². The Morgan fingerprint density at radius 3 is 2.32 bits per heavy atom. The minimum atomic E-state index is -0.762. The molecular formula is C27H28FNO5. The molecule has 0 bridgehead atoms. The van der Waals surface area contributed by atoms with E-state index in [0.717, 1.165) is 11.3 Å². The SMILES string of the molecule is COCCOC(=O)C1C(C)=NC2=C(C(=O)C[C@@H](c3ccc(OC)cc3)C2)[C@H]1c1ccc(F)cc1. The number of benzene rings is 2. The molecule has 1 aliphatic carbocycles. The van der Waals surface area contributed by atoms with E-state index in [9.17, 15) is 14.0 Å². The Morgan fingerprint density at radius 2 is 1.68 bits per heavy atom. The number of nitrogens with zero attached hydrogens (tertiary/aromatic N) is 1. The summed E-state index contributed by atoms with van der Waals surface area (Å²) in [5.41, 5.74) is 3.51. The first-order chi connectivity index (χ1) is 16.4. The summed E-state index contributed by atoms with van der Waals surface area (Å²) in [6.45, 7) is 2.16. The number of esters is 1. The summed E-state index contributed by atoms with van der Waals surface area (Å²) in [6, 6.07) is 13.6. The van der Waals surface area contributed by atoms with Gasteiger partial charge in [0.1, 0.15) is 24.1 Å². The molecule has 4 rings (SSSR count). The first kappa shape index (κ1) is 23.8. The van der Waals surface area contributed by atoms with Gasteiger partial charge in [0.2, 0.25) is 0 Å². The second-order valence-electron chi connectivity index (χ2n) is 8.58. The molecule has 0 amide bonds. The number of hydrogen-bond acceptors (Lipinski definition) is 6. The number of ether oxygens (including phenoxy) is 3. The molecule has 0 aromatic heterocycles. The van der Waals surface area contributed by atoms with Crippen molar-refractivity contribution in [2.24, 2.45) is 10.9 Å². The van der Waals surface area contributed by atoms with E-state index in [4.69, 9.17) is 19.2 Å². The second kappa shape index (κ2) is 10.3. The van der Waals surface area contributed by atoms with Crippen molar-refractivity contribution in [3.63, 3.8) is 0 Å². The fraction of sp³-hybridized carbons (Fsp3) is 0.370. The number of rotatable bonds is 7. The number of hydrogen-bond donors (Lipinski definition) is 0. The lowest BCUT2D eigenvalue weighted by atomic mass is 9.69. The first-order valence-corrected chi connectivity index (χ1v) is 11.3. The van der Waals surface area contributed by atoms with Gasteiger partial charge in [-0.15, -0.1) is 0 Å². The van der Waals surface area contributed by atoms with Gasteiger partial charge in [0.25, 0.3) is 0 Å². The molecule has 7 heteroatoms. The average Bonchev–Trinajstić information content (AvgIpc) is 2.83. The third kappa shape index (κ3) is 4.80. The zero-order chi connectivity index (χ0) is 24.2. The van der Waals surface area contributed by atoms with Crippen molar-refractivity contribution in [2.45, 2.75) is 31.6 Å². The molecule has 0 saturated carbocycles. The van der Waals surface area contributed by atoms with Crippen molar-refractivity contribution in [2.75, 3.05) is 27.4 Å². The molecule has 1 heterocycles. The van der Waals surface area contributed by atoms with Crippen LogP contribution in [0.1, 0.15) is 42.7 Å². The zero-order valence-corrected chi connectivity index (χ0v) is 19.5. The van der Waals surface area contributed by atoms with Gasteiger partial charge in [0.15, 0.2) is 5.78 Å². The molecule has 1 unspecified atom stereocenters. The highest BCUT2D eigenvalue weighted by Crippen LogP contribution is 2.47. The van der Waals surface area contributed by atoms with E-state index in [1.807, 2.05) is 24.3 Å². The van der Waals surface area contributed by atoms with E-state index in [-0.39, 0.29) is 30.7 Å². The Kier molecular flexibility index (Phi) is 7.22. The van der Waals surface area contributed by atoms with Gasteiger partial charge in [-0.1, -0.05) is 24.3 Å². The number of Topliss-reactive ketones (excluding diaryl/α,β-unsaturated/α-hetero) is 1. The largest absolute Gasteiger partial charge is 0.497 e. The van der Waals surface area contributed by atoms with Crippen molar-refractivity contribution in [3.05, 3.63) is 76.7 Å². The van der Waals surface area contributed by atoms with Crippen molar-refractivity contribution in [1.82, 2.24) is 0 Å². The molecule has 0 spiro atoms. The second-order valence-corrected chi connectivity index (χ2v) is 8.58.